The normalized spacial score (nSPS) is 30.2. The zero-order chi connectivity index (χ0) is 34.8. The molecule has 0 saturated heterocycles. The van der Waals surface area contributed by atoms with Crippen molar-refractivity contribution in [1.82, 2.24) is 10.6 Å². The fraction of sp³-hybridized carbons (Fsp3) is 0.614. The van der Waals surface area contributed by atoms with Gasteiger partial charge in [-0.25, -0.2) is 0 Å². The lowest BCUT2D eigenvalue weighted by molar-refractivity contribution is -0.156. The van der Waals surface area contributed by atoms with Crippen molar-refractivity contribution < 1.29 is 9.53 Å². The number of esters is 1. The Balaban J connectivity index is 0.000000199. The minimum Gasteiger partial charge on any atom is -0.460 e. The van der Waals surface area contributed by atoms with E-state index in [0.29, 0.717) is 48.5 Å². The van der Waals surface area contributed by atoms with Gasteiger partial charge < -0.3 is 21.1 Å². The average Bonchev–Trinajstić information content (AvgIpc) is 4.02. The molecule has 5 heteroatoms. The molecule has 5 nitrogen and oxygen atoms in total. The number of carbonyl (C=O) groups is 1. The van der Waals surface area contributed by atoms with Gasteiger partial charge in [-0.2, -0.15) is 0 Å². The first-order chi connectivity index (χ1) is 23.6. The fourth-order valence-electron chi connectivity index (χ4n) is 8.09. The van der Waals surface area contributed by atoms with E-state index in [-0.39, 0.29) is 11.6 Å². The highest BCUT2D eigenvalue weighted by Crippen LogP contribution is 2.42. The molecule has 4 aliphatic carbocycles. The number of hydrogen-bond acceptors (Lipinski definition) is 5. The quantitative estimate of drug-likeness (QED) is 0.197. The molecule has 0 unspecified atom stereocenters. The van der Waals surface area contributed by atoms with E-state index in [9.17, 15) is 4.79 Å². The zero-order valence-corrected chi connectivity index (χ0v) is 31.1. The Morgan fingerprint density at radius 3 is 1.55 bits per heavy atom. The van der Waals surface area contributed by atoms with Crippen molar-refractivity contribution in [2.75, 3.05) is 0 Å². The van der Waals surface area contributed by atoms with E-state index in [1.165, 1.54) is 62.5 Å². The predicted octanol–water partition coefficient (Wildman–Crippen LogP) is 9.48. The summed E-state index contributed by atoms with van der Waals surface area (Å²) in [4.78, 5) is 12.1. The number of nitrogens with one attached hydrogen (secondary N) is 2. The second kappa shape index (κ2) is 18.0. The number of benzene rings is 2. The monoisotopic (exact) mass is 668 g/mol. The summed E-state index contributed by atoms with van der Waals surface area (Å²) in [6.45, 7) is 10.4. The molecule has 6 rings (SSSR count). The molecular formula is C44H65N3O2. The molecule has 4 N–H and O–H groups in total. The molecule has 0 heterocycles. The second-order valence-corrected chi connectivity index (χ2v) is 16.3. The van der Waals surface area contributed by atoms with Crippen LogP contribution in [0.5, 0.6) is 0 Å². The van der Waals surface area contributed by atoms with Crippen LogP contribution in [0.3, 0.4) is 0 Å². The van der Waals surface area contributed by atoms with Gasteiger partial charge in [-0.3, -0.25) is 4.79 Å². The van der Waals surface area contributed by atoms with E-state index < -0.39 is 0 Å². The van der Waals surface area contributed by atoms with Gasteiger partial charge in [-0.15, -0.1) is 0 Å². The molecule has 4 fully saturated rings. The summed E-state index contributed by atoms with van der Waals surface area (Å²) >= 11 is 0. The van der Waals surface area contributed by atoms with Gasteiger partial charge in [-0.1, -0.05) is 97.8 Å². The Kier molecular flexibility index (Phi) is 13.8. The Hall–Kier alpha value is -2.73. The van der Waals surface area contributed by atoms with E-state index >= 15 is 0 Å². The Bertz CT molecular complexity index is 1350. The molecule has 0 bridgehead atoms. The smallest absolute Gasteiger partial charge is 0.306 e. The summed E-state index contributed by atoms with van der Waals surface area (Å²) in [5.41, 5.74) is 11.4. The molecule has 2 aromatic rings. The second-order valence-electron chi connectivity index (χ2n) is 16.3. The molecule has 0 aromatic heterocycles. The molecular weight excluding hydrogens is 603 g/mol. The van der Waals surface area contributed by atoms with Crippen molar-refractivity contribution in [1.29, 1.82) is 0 Å². The molecule has 4 saturated carbocycles. The molecule has 2 aromatic carbocycles. The van der Waals surface area contributed by atoms with Crippen molar-refractivity contribution in [2.45, 2.75) is 154 Å². The summed E-state index contributed by atoms with van der Waals surface area (Å²) in [5, 5.41) is 7.77. The van der Waals surface area contributed by atoms with Crippen LogP contribution in [-0.4, -0.2) is 41.8 Å². The topological polar surface area (TPSA) is 76.4 Å². The maximum atomic E-state index is 12.1. The average molecular weight is 668 g/mol. The summed E-state index contributed by atoms with van der Waals surface area (Å²) in [7, 11) is 0. The highest BCUT2D eigenvalue weighted by atomic mass is 16.6. The number of carbonyl (C=O) groups excluding carboxylic acids is 1. The lowest BCUT2D eigenvalue weighted by Gasteiger charge is -2.30. The van der Waals surface area contributed by atoms with Crippen LogP contribution in [0.25, 0.3) is 12.2 Å². The first-order valence-corrected chi connectivity index (χ1v) is 19.6. The Morgan fingerprint density at radius 2 is 1.14 bits per heavy atom. The van der Waals surface area contributed by atoms with Crippen LogP contribution >= 0.6 is 0 Å². The highest BCUT2D eigenvalue weighted by Gasteiger charge is 2.41. The van der Waals surface area contributed by atoms with Gasteiger partial charge in [0.2, 0.25) is 0 Å². The van der Waals surface area contributed by atoms with Gasteiger partial charge in [0.15, 0.2) is 0 Å². The largest absolute Gasteiger partial charge is 0.460 e. The van der Waals surface area contributed by atoms with E-state index in [2.05, 4.69) is 97.3 Å². The van der Waals surface area contributed by atoms with E-state index in [1.54, 1.807) is 11.1 Å². The van der Waals surface area contributed by atoms with Gasteiger partial charge in [0.25, 0.3) is 0 Å². The molecule has 49 heavy (non-hydrogen) atoms. The van der Waals surface area contributed by atoms with Crippen LogP contribution in [-0.2, 0) is 9.53 Å². The molecule has 0 aliphatic heterocycles. The third kappa shape index (κ3) is 12.5. The van der Waals surface area contributed by atoms with Crippen molar-refractivity contribution in [3.8, 4) is 0 Å². The summed E-state index contributed by atoms with van der Waals surface area (Å²) < 4.78 is 5.48. The van der Waals surface area contributed by atoms with Gasteiger partial charge in [0, 0.05) is 36.6 Å². The van der Waals surface area contributed by atoms with E-state index in [4.69, 9.17) is 10.5 Å². The number of ether oxygens (including phenoxy) is 1. The maximum Gasteiger partial charge on any atom is 0.306 e. The lowest BCUT2D eigenvalue weighted by Crippen LogP contribution is -2.38. The van der Waals surface area contributed by atoms with Gasteiger partial charge in [0.05, 0.1) is 0 Å². The maximum absolute atomic E-state index is 12.1. The van der Waals surface area contributed by atoms with Crippen LogP contribution in [0.2, 0.25) is 0 Å². The molecule has 4 atom stereocenters. The lowest BCUT2D eigenvalue weighted by atomic mass is 9.84. The summed E-state index contributed by atoms with van der Waals surface area (Å²) in [6.07, 6.45) is 19.7. The van der Waals surface area contributed by atoms with Crippen molar-refractivity contribution in [3.05, 3.63) is 82.9 Å². The highest BCUT2D eigenvalue weighted by molar-refractivity contribution is 5.70. The van der Waals surface area contributed by atoms with Crippen LogP contribution in [0.15, 0.2) is 71.8 Å². The summed E-state index contributed by atoms with van der Waals surface area (Å²) in [5.74, 6) is 1.91. The number of nitrogens with two attached hydrogens (primary N) is 1. The number of hydrogen-bond donors (Lipinski definition) is 3. The molecule has 0 spiro atoms. The van der Waals surface area contributed by atoms with Crippen LogP contribution in [0.4, 0.5) is 0 Å². The van der Waals surface area contributed by atoms with Crippen molar-refractivity contribution in [2.24, 2.45) is 23.5 Å². The first-order valence-electron chi connectivity index (χ1n) is 19.6. The Morgan fingerprint density at radius 1 is 0.714 bits per heavy atom. The van der Waals surface area contributed by atoms with Crippen molar-refractivity contribution >= 4 is 18.1 Å². The fourth-order valence-corrected chi connectivity index (χ4v) is 8.09. The molecule has 4 aliphatic rings. The molecule has 0 amide bonds. The summed E-state index contributed by atoms with van der Waals surface area (Å²) in [6, 6.07) is 24.5. The van der Waals surface area contributed by atoms with Crippen LogP contribution in [0.1, 0.15) is 129 Å². The first kappa shape index (κ1) is 37.5. The van der Waals surface area contributed by atoms with E-state index in [0.717, 1.165) is 31.6 Å². The molecule has 0 radical (unpaired) electrons. The van der Waals surface area contributed by atoms with Crippen LogP contribution < -0.4 is 16.4 Å². The number of rotatable bonds is 12. The standard InChI is InChI=1S/C25H37NO2.C19H28N2/c1-5-20(15-18-9-7-6-8-10-18)22-17-23(22)26-21-13-11-19(12-14-21)16-24(27)28-25(2,3)4;1-2-15(12-14-6-4-3-5-7-14)18-13-19(18)21-17-10-8-16(20)9-11-17/h6-10,15,19,21-23,26H,5,11-14,16-17H2,1-4H3;3-7,12,16-19,21H,2,8-11,13,20H2,1H3/b20-15+;15-12+/t19?,21?,22-,23+;16?,17?,18-,19+/m00/s1. The van der Waals surface area contributed by atoms with Gasteiger partial charge in [-0.05, 0) is 127 Å². The van der Waals surface area contributed by atoms with Crippen LogP contribution in [0, 0.1) is 17.8 Å². The molecule has 268 valence electrons. The SMILES string of the molecule is CC/C(=C\c1ccccc1)[C@@H]1C[C@H]1NC1CCC(CC(=O)OC(C)(C)C)CC1.CC/C(=C\c1ccccc1)[C@@H]1C[C@H]1NC1CCC(N)CC1. The van der Waals surface area contributed by atoms with E-state index in [1.807, 2.05) is 20.8 Å². The minimum absolute atomic E-state index is 0.0372. The van der Waals surface area contributed by atoms with Gasteiger partial charge in [0.1, 0.15) is 5.60 Å². The zero-order valence-electron chi connectivity index (χ0n) is 31.1. The Labute approximate surface area is 297 Å². The van der Waals surface area contributed by atoms with Crippen molar-refractivity contribution in [3.63, 3.8) is 0 Å². The minimum atomic E-state index is -0.374. The third-order valence-electron chi connectivity index (χ3n) is 11.0. The predicted molar refractivity (Wildman–Crippen MR) is 206 cm³/mol. The van der Waals surface area contributed by atoms with Gasteiger partial charge >= 0.3 is 5.97 Å². The third-order valence-corrected chi connectivity index (χ3v) is 11.0.